The van der Waals surface area contributed by atoms with Crippen LogP contribution in [0.1, 0.15) is 46.0 Å². The van der Waals surface area contributed by atoms with Crippen molar-refractivity contribution in [2.75, 3.05) is 0 Å². The van der Waals surface area contributed by atoms with Crippen LogP contribution < -0.4 is 0 Å². The average molecular weight is 138 g/mol. The fourth-order valence-electron chi connectivity index (χ4n) is 1.68. The summed E-state index contributed by atoms with van der Waals surface area (Å²) < 4.78 is 0. The zero-order valence-electron chi connectivity index (χ0n) is 7.19. The summed E-state index contributed by atoms with van der Waals surface area (Å²) in [5, 5.41) is 0. The van der Waals surface area contributed by atoms with Crippen molar-refractivity contribution in [1.29, 1.82) is 0 Å². The van der Waals surface area contributed by atoms with Crippen molar-refractivity contribution in [2.24, 2.45) is 5.92 Å². The van der Waals surface area contributed by atoms with Crippen molar-refractivity contribution in [3.63, 3.8) is 0 Å². The largest absolute Gasteiger partial charge is 0.0851 e. The lowest BCUT2D eigenvalue weighted by atomic mass is 10.0. The van der Waals surface area contributed by atoms with Gasteiger partial charge < -0.3 is 0 Å². The summed E-state index contributed by atoms with van der Waals surface area (Å²) >= 11 is 0. The highest BCUT2D eigenvalue weighted by molar-refractivity contribution is 5.09. The fourth-order valence-corrected chi connectivity index (χ4v) is 1.68. The van der Waals surface area contributed by atoms with Crippen LogP contribution in [-0.4, -0.2) is 0 Å². The van der Waals surface area contributed by atoms with E-state index in [1.165, 1.54) is 32.1 Å². The molecule has 1 fully saturated rings. The molecule has 1 rings (SSSR count). The summed E-state index contributed by atoms with van der Waals surface area (Å²) in [6.07, 6.45) is 9.28. The summed E-state index contributed by atoms with van der Waals surface area (Å²) in [5.74, 6) is 0.895. The van der Waals surface area contributed by atoms with Gasteiger partial charge in [-0.15, -0.1) is 0 Å². The summed E-state index contributed by atoms with van der Waals surface area (Å²) in [7, 11) is 0. The van der Waals surface area contributed by atoms with Crippen molar-refractivity contribution in [1.82, 2.24) is 0 Å². The number of rotatable bonds is 2. The van der Waals surface area contributed by atoms with Crippen LogP contribution in [-0.2, 0) is 0 Å². The molecule has 1 saturated carbocycles. The van der Waals surface area contributed by atoms with E-state index in [9.17, 15) is 0 Å². The molecule has 0 aliphatic heterocycles. The molecule has 0 nitrogen and oxygen atoms in total. The molecule has 1 aliphatic carbocycles. The summed E-state index contributed by atoms with van der Waals surface area (Å²) in [4.78, 5) is 0. The first-order valence-corrected chi connectivity index (χ1v) is 4.53. The molecule has 58 valence electrons. The van der Waals surface area contributed by atoms with E-state index in [0.29, 0.717) is 0 Å². The normalized spacial score (nSPS) is 29.8. The second-order valence-electron chi connectivity index (χ2n) is 3.36. The van der Waals surface area contributed by atoms with E-state index in [0.717, 1.165) is 5.92 Å². The van der Waals surface area contributed by atoms with E-state index >= 15 is 0 Å². The highest BCUT2D eigenvalue weighted by atomic mass is 14.2. The molecule has 0 radical (unpaired) electrons. The van der Waals surface area contributed by atoms with E-state index < -0.39 is 0 Å². The molecule has 0 aromatic rings. The molecule has 10 heavy (non-hydrogen) atoms. The van der Waals surface area contributed by atoms with Crippen molar-refractivity contribution in [3.8, 4) is 0 Å². The smallest absolute Gasteiger partial charge is 0.0232 e. The lowest BCUT2D eigenvalue weighted by Gasteiger charge is -2.02. The quantitative estimate of drug-likeness (QED) is 0.512. The minimum atomic E-state index is 0.895. The number of hydrogen-bond acceptors (Lipinski definition) is 0. The molecule has 0 heteroatoms. The Morgan fingerprint density at radius 3 is 2.90 bits per heavy atom. The number of unbranched alkanes of at least 4 members (excludes halogenated alkanes) is 1. The van der Waals surface area contributed by atoms with Gasteiger partial charge in [0.15, 0.2) is 0 Å². The van der Waals surface area contributed by atoms with Crippen LogP contribution in [0.3, 0.4) is 0 Å². The van der Waals surface area contributed by atoms with Crippen LogP contribution in [0.5, 0.6) is 0 Å². The van der Waals surface area contributed by atoms with Gasteiger partial charge in [-0.2, -0.15) is 0 Å². The van der Waals surface area contributed by atoms with E-state index in [4.69, 9.17) is 0 Å². The van der Waals surface area contributed by atoms with Crippen LogP contribution in [0, 0.1) is 5.92 Å². The van der Waals surface area contributed by atoms with E-state index in [1.54, 1.807) is 5.57 Å². The van der Waals surface area contributed by atoms with Gasteiger partial charge in [-0.3, -0.25) is 0 Å². The minimum absolute atomic E-state index is 0.895. The standard InChI is InChI=1S/C10H18/c1-3-4-7-10-8-5-6-9(10)2/h7,9H,3-6,8H2,1-2H3/b10-7+. The molecule has 1 unspecified atom stereocenters. The zero-order valence-corrected chi connectivity index (χ0v) is 7.19. The average Bonchev–Trinajstić information content (AvgIpc) is 2.31. The van der Waals surface area contributed by atoms with Gasteiger partial charge in [-0.25, -0.2) is 0 Å². The number of hydrogen-bond donors (Lipinski definition) is 0. The third kappa shape index (κ3) is 1.86. The highest BCUT2D eigenvalue weighted by Gasteiger charge is 2.14. The second-order valence-corrected chi connectivity index (χ2v) is 3.36. The molecule has 1 atom stereocenters. The summed E-state index contributed by atoms with van der Waals surface area (Å²) in [5.41, 5.74) is 1.72. The third-order valence-corrected chi connectivity index (χ3v) is 2.43. The van der Waals surface area contributed by atoms with Gasteiger partial charge in [0, 0.05) is 0 Å². The third-order valence-electron chi connectivity index (χ3n) is 2.43. The molecule has 0 saturated heterocycles. The maximum atomic E-state index is 2.46. The maximum absolute atomic E-state index is 2.46. The van der Waals surface area contributed by atoms with Gasteiger partial charge in [-0.1, -0.05) is 31.9 Å². The lowest BCUT2D eigenvalue weighted by molar-refractivity contribution is 0.692. The predicted octanol–water partition coefficient (Wildman–Crippen LogP) is 3.53. The molecule has 0 bridgehead atoms. The molecule has 0 N–H and O–H groups in total. The van der Waals surface area contributed by atoms with E-state index in [2.05, 4.69) is 19.9 Å². The van der Waals surface area contributed by atoms with Crippen molar-refractivity contribution < 1.29 is 0 Å². The van der Waals surface area contributed by atoms with Crippen molar-refractivity contribution >= 4 is 0 Å². The van der Waals surface area contributed by atoms with Gasteiger partial charge in [-0.05, 0) is 31.6 Å². The van der Waals surface area contributed by atoms with Gasteiger partial charge in [0.25, 0.3) is 0 Å². The Labute approximate surface area is 64.3 Å². The molecular formula is C10H18. The highest BCUT2D eigenvalue weighted by Crippen LogP contribution is 2.30. The van der Waals surface area contributed by atoms with Gasteiger partial charge in [0.05, 0.1) is 0 Å². The first-order valence-electron chi connectivity index (χ1n) is 4.53. The Morgan fingerprint density at radius 2 is 2.40 bits per heavy atom. The van der Waals surface area contributed by atoms with Gasteiger partial charge >= 0.3 is 0 Å². The Kier molecular flexibility index (Phi) is 2.98. The summed E-state index contributed by atoms with van der Waals surface area (Å²) in [6.45, 7) is 4.60. The van der Waals surface area contributed by atoms with E-state index in [1.807, 2.05) is 0 Å². The molecule has 0 heterocycles. The Bertz CT molecular complexity index is 122. The Morgan fingerprint density at radius 1 is 1.60 bits per heavy atom. The minimum Gasteiger partial charge on any atom is -0.0851 e. The fraction of sp³-hybridized carbons (Fsp3) is 0.800. The van der Waals surface area contributed by atoms with Crippen LogP contribution >= 0.6 is 0 Å². The number of allylic oxidation sites excluding steroid dienone is 2. The van der Waals surface area contributed by atoms with Crippen LogP contribution in [0.4, 0.5) is 0 Å². The lowest BCUT2D eigenvalue weighted by Crippen LogP contribution is -1.87. The predicted molar refractivity (Wildman–Crippen MR) is 46.0 cm³/mol. The first kappa shape index (κ1) is 7.84. The van der Waals surface area contributed by atoms with Crippen molar-refractivity contribution in [3.05, 3.63) is 11.6 Å². The molecule has 1 aliphatic rings. The second kappa shape index (κ2) is 3.80. The van der Waals surface area contributed by atoms with Gasteiger partial charge in [0.1, 0.15) is 0 Å². The van der Waals surface area contributed by atoms with Crippen LogP contribution in [0.15, 0.2) is 11.6 Å². The topological polar surface area (TPSA) is 0 Å². The SMILES string of the molecule is CCC/C=C1\CCCC1C. The molecule has 0 spiro atoms. The van der Waals surface area contributed by atoms with Crippen molar-refractivity contribution in [2.45, 2.75) is 46.0 Å². The molecule has 0 aromatic heterocycles. The molecule has 0 amide bonds. The monoisotopic (exact) mass is 138 g/mol. The Hall–Kier alpha value is -0.260. The Balaban J connectivity index is 2.38. The van der Waals surface area contributed by atoms with Gasteiger partial charge in [0.2, 0.25) is 0 Å². The molecule has 0 aromatic carbocycles. The summed E-state index contributed by atoms with van der Waals surface area (Å²) in [6, 6.07) is 0. The first-order chi connectivity index (χ1) is 4.84. The zero-order chi connectivity index (χ0) is 7.40. The van der Waals surface area contributed by atoms with Crippen LogP contribution in [0.2, 0.25) is 0 Å². The molecular weight excluding hydrogens is 120 g/mol. The van der Waals surface area contributed by atoms with E-state index in [-0.39, 0.29) is 0 Å². The van der Waals surface area contributed by atoms with Crippen LogP contribution in [0.25, 0.3) is 0 Å². The maximum Gasteiger partial charge on any atom is -0.0232 e.